The zero-order valence-electron chi connectivity index (χ0n) is 19.8. The van der Waals surface area contributed by atoms with E-state index in [-0.39, 0.29) is 5.91 Å². The summed E-state index contributed by atoms with van der Waals surface area (Å²) in [4.78, 5) is 15.9. The number of ether oxygens (including phenoxy) is 1. The Balaban J connectivity index is 1.53. The number of benzene rings is 2. The van der Waals surface area contributed by atoms with Crippen LogP contribution in [0.5, 0.6) is 5.75 Å². The summed E-state index contributed by atoms with van der Waals surface area (Å²) in [6.07, 6.45) is 0. The number of anilines is 1. The van der Waals surface area contributed by atoms with Crippen LogP contribution in [0.4, 0.5) is 5.69 Å². The molecular weight excluding hydrogens is 386 g/mol. The van der Waals surface area contributed by atoms with Gasteiger partial charge in [0.05, 0.1) is 7.11 Å². The standard InChI is InChI=1S/C26H37N3O2/c1-19(2)23-7-6-8-24(20(3)4)26(23)27-25(30)18-29-15-13-28(14-16-29)17-21-9-11-22(31-5)12-10-21/h6-12,19-20H,13-18H2,1-5H3,(H,27,30)/p+2. The van der Waals surface area contributed by atoms with E-state index in [9.17, 15) is 4.79 Å². The van der Waals surface area contributed by atoms with Crippen LogP contribution in [0.2, 0.25) is 0 Å². The Hall–Kier alpha value is -2.37. The maximum atomic E-state index is 12.9. The third-order valence-corrected chi connectivity index (χ3v) is 6.33. The van der Waals surface area contributed by atoms with Crippen LogP contribution in [0, 0.1) is 0 Å². The molecule has 2 aromatic carbocycles. The molecule has 5 heteroatoms. The first kappa shape index (κ1) is 23.3. The van der Waals surface area contributed by atoms with E-state index in [1.165, 1.54) is 21.6 Å². The van der Waals surface area contributed by atoms with Gasteiger partial charge in [-0.05, 0) is 47.2 Å². The van der Waals surface area contributed by atoms with Crippen molar-refractivity contribution < 1.29 is 19.3 Å². The molecule has 0 aromatic heterocycles. The lowest BCUT2D eigenvalue weighted by molar-refractivity contribution is -1.02. The number of nitrogens with one attached hydrogen (secondary N) is 3. The number of amides is 1. The molecule has 0 saturated carbocycles. The highest BCUT2D eigenvalue weighted by atomic mass is 16.5. The van der Waals surface area contributed by atoms with Crippen molar-refractivity contribution in [2.45, 2.75) is 46.1 Å². The number of hydrogen-bond donors (Lipinski definition) is 3. The number of carbonyl (C=O) groups excluding carboxylic acids is 1. The van der Waals surface area contributed by atoms with E-state index in [1.54, 1.807) is 12.0 Å². The monoisotopic (exact) mass is 425 g/mol. The predicted molar refractivity (Wildman–Crippen MR) is 126 cm³/mol. The van der Waals surface area contributed by atoms with Crippen LogP contribution in [0.3, 0.4) is 0 Å². The lowest BCUT2D eigenvalue weighted by Gasteiger charge is -2.29. The first-order valence-electron chi connectivity index (χ1n) is 11.6. The Morgan fingerprint density at radius 3 is 1.97 bits per heavy atom. The van der Waals surface area contributed by atoms with Gasteiger partial charge in [-0.1, -0.05) is 45.9 Å². The summed E-state index contributed by atoms with van der Waals surface area (Å²) < 4.78 is 5.25. The van der Waals surface area contributed by atoms with Gasteiger partial charge >= 0.3 is 0 Å². The van der Waals surface area contributed by atoms with Crippen molar-refractivity contribution in [1.82, 2.24) is 0 Å². The Morgan fingerprint density at radius 1 is 0.903 bits per heavy atom. The van der Waals surface area contributed by atoms with Crippen LogP contribution in [0.15, 0.2) is 42.5 Å². The van der Waals surface area contributed by atoms with Gasteiger partial charge in [-0.2, -0.15) is 0 Å². The summed E-state index contributed by atoms with van der Waals surface area (Å²) in [7, 11) is 1.70. The second kappa shape index (κ2) is 10.8. The van der Waals surface area contributed by atoms with Crippen LogP contribution in [-0.2, 0) is 11.3 Å². The number of hydrogen-bond acceptors (Lipinski definition) is 2. The molecule has 1 heterocycles. The molecule has 0 bridgehead atoms. The van der Waals surface area contributed by atoms with E-state index in [0.29, 0.717) is 18.4 Å². The SMILES string of the molecule is COc1ccc(C[NH+]2CC[NH+](CC(=O)Nc3c(C(C)C)cccc3C(C)C)CC2)cc1. The molecule has 1 fully saturated rings. The van der Waals surface area contributed by atoms with Gasteiger partial charge in [0, 0.05) is 11.3 Å². The molecule has 0 atom stereocenters. The number of quaternary nitrogens is 2. The Labute approximate surface area is 187 Å². The van der Waals surface area contributed by atoms with Crippen molar-refractivity contribution in [3.8, 4) is 5.75 Å². The summed E-state index contributed by atoms with van der Waals surface area (Å²) in [6, 6.07) is 14.7. The Kier molecular flexibility index (Phi) is 8.10. The van der Waals surface area contributed by atoms with E-state index in [2.05, 4.69) is 63.3 Å². The Morgan fingerprint density at radius 2 is 1.45 bits per heavy atom. The normalized spacial score (nSPS) is 18.9. The maximum Gasteiger partial charge on any atom is 0.279 e. The second-order valence-electron chi connectivity index (χ2n) is 9.37. The van der Waals surface area contributed by atoms with Gasteiger partial charge in [-0.25, -0.2) is 0 Å². The first-order valence-corrected chi connectivity index (χ1v) is 11.6. The molecule has 5 nitrogen and oxygen atoms in total. The number of rotatable bonds is 8. The number of piperazine rings is 1. The Bertz CT molecular complexity index is 827. The van der Waals surface area contributed by atoms with Crippen molar-refractivity contribution >= 4 is 11.6 Å². The van der Waals surface area contributed by atoms with E-state index < -0.39 is 0 Å². The van der Waals surface area contributed by atoms with Crippen LogP contribution >= 0.6 is 0 Å². The van der Waals surface area contributed by atoms with E-state index in [0.717, 1.165) is 44.2 Å². The van der Waals surface area contributed by atoms with E-state index in [1.807, 2.05) is 12.1 Å². The second-order valence-corrected chi connectivity index (χ2v) is 9.37. The zero-order valence-corrected chi connectivity index (χ0v) is 19.8. The smallest absolute Gasteiger partial charge is 0.279 e. The highest BCUT2D eigenvalue weighted by Gasteiger charge is 2.26. The van der Waals surface area contributed by atoms with Crippen molar-refractivity contribution in [2.75, 3.05) is 45.2 Å². The van der Waals surface area contributed by atoms with Crippen molar-refractivity contribution in [2.24, 2.45) is 0 Å². The molecular formula is C26H39N3O2+2. The lowest BCUT2D eigenvalue weighted by Crippen LogP contribution is -3.28. The molecule has 0 radical (unpaired) electrons. The third-order valence-electron chi connectivity index (χ3n) is 6.33. The average Bonchev–Trinajstić information content (AvgIpc) is 2.75. The summed E-state index contributed by atoms with van der Waals surface area (Å²) in [5, 5.41) is 3.27. The summed E-state index contributed by atoms with van der Waals surface area (Å²) in [5.41, 5.74) is 4.82. The molecule has 1 saturated heterocycles. The molecule has 2 aromatic rings. The molecule has 1 aliphatic heterocycles. The van der Waals surface area contributed by atoms with Gasteiger partial charge in [-0.15, -0.1) is 0 Å². The third kappa shape index (κ3) is 6.31. The minimum Gasteiger partial charge on any atom is -0.497 e. The quantitative estimate of drug-likeness (QED) is 0.605. The van der Waals surface area contributed by atoms with Crippen LogP contribution in [-0.4, -0.2) is 45.7 Å². The van der Waals surface area contributed by atoms with Gasteiger partial charge < -0.3 is 19.9 Å². The summed E-state index contributed by atoms with van der Waals surface area (Å²) in [5.74, 6) is 1.79. The fourth-order valence-corrected chi connectivity index (χ4v) is 4.45. The molecule has 0 unspecified atom stereocenters. The van der Waals surface area contributed by atoms with Crippen LogP contribution in [0.1, 0.15) is 56.2 Å². The topological polar surface area (TPSA) is 47.2 Å². The molecule has 31 heavy (non-hydrogen) atoms. The molecule has 3 rings (SSSR count). The van der Waals surface area contributed by atoms with Crippen LogP contribution in [0.25, 0.3) is 0 Å². The average molecular weight is 426 g/mol. The molecule has 0 spiro atoms. The number of methoxy groups -OCH3 is 1. The maximum absolute atomic E-state index is 12.9. The largest absolute Gasteiger partial charge is 0.497 e. The van der Waals surface area contributed by atoms with Gasteiger partial charge in [0.1, 0.15) is 38.5 Å². The highest BCUT2D eigenvalue weighted by Crippen LogP contribution is 2.32. The fraction of sp³-hybridized carbons (Fsp3) is 0.500. The summed E-state index contributed by atoms with van der Waals surface area (Å²) >= 11 is 0. The molecule has 0 aliphatic carbocycles. The predicted octanol–water partition coefficient (Wildman–Crippen LogP) is 1.86. The minimum atomic E-state index is 0.128. The fourth-order valence-electron chi connectivity index (χ4n) is 4.45. The number of carbonyl (C=O) groups is 1. The highest BCUT2D eigenvalue weighted by molar-refractivity contribution is 5.93. The molecule has 168 valence electrons. The number of para-hydroxylation sites is 1. The van der Waals surface area contributed by atoms with Crippen LogP contribution < -0.4 is 19.9 Å². The van der Waals surface area contributed by atoms with Gasteiger partial charge in [0.15, 0.2) is 6.54 Å². The van der Waals surface area contributed by atoms with Gasteiger partial charge in [0.25, 0.3) is 5.91 Å². The van der Waals surface area contributed by atoms with E-state index in [4.69, 9.17) is 4.74 Å². The molecule has 1 aliphatic rings. The van der Waals surface area contributed by atoms with Crippen molar-refractivity contribution in [3.63, 3.8) is 0 Å². The summed E-state index contributed by atoms with van der Waals surface area (Å²) in [6.45, 7) is 14.6. The van der Waals surface area contributed by atoms with Crippen molar-refractivity contribution in [1.29, 1.82) is 0 Å². The minimum absolute atomic E-state index is 0.128. The first-order chi connectivity index (χ1) is 14.9. The molecule has 1 amide bonds. The van der Waals surface area contributed by atoms with Crippen molar-refractivity contribution in [3.05, 3.63) is 59.2 Å². The lowest BCUT2D eigenvalue weighted by atomic mass is 9.92. The zero-order chi connectivity index (χ0) is 22.4. The van der Waals surface area contributed by atoms with Gasteiger partial charge in [-0.3, -0.25) is 4.79 Å². The molecule has 3 N–H and O–H groups in total. The van der Waals surface area contributed by atoms with E-state index >= 15 is 0 Å². The van der Waals surface area contributed by atoms with Gasteiger partial charge in [0.2, 0.25) is 0 Å².